The van der Waals surface area contributed by atoms with E-state index >= 15 is 0 Å². The third-order valence-corrected chi connectivity index (χ3v) is 5.73. The molecule has 0 bridgehead atoms. The molecule has 0 amide bonds. The summed E-state index contributed by atoms with van der Waals surface area (Å²) in [6.45, 7) is 2.61. The maximum atomic E-state index is 15.0. The lowest BCUT2D eigenvalue weighted by atomic mass is 9.82. The number of benzene rings is 2. The molecule has 0 saturated carbocycles. The molecule has 4 nitrogen and oxygen atoms in total. The summed E-state index contributed by atoms with van der Waals surface area (Å²) in [5.74, 6) is -1.51. The SMILES string of the molecule is CC(C)(F)CN1[C@H](c2c(F)cc(Br)cc2F)c2ccc3[nH]ncc3c2C[C@H]1C=O. The molecular weight excluding hydrogens is 447 g/mol. The number of H-pyrrole nitrogens is 1. The van der Waals surface area contributed by atoms with Gasteiger partial charge in [-0.3, -0.25) is 10.00 Å². The summed E-state index contributed by atoms with van der Waals surface area (Å²) in [5, 5.41) is 7.70. The van der Waals surface area contributed by atoms with Crippen LogP contribution in [-0.4, -0.2) is 39.6 Å². The van der Waals surface area contributed by atoms with Gasteiger partial charge in [0.2, 0.25) is 0 Å². The van der Waals surface area contributed by atoms with Crippen LogP contribution in [0.4, 0.5) is 13.2 Å². The van der Waals surface area contributed by atoms with Crippen LogP contribution < -0.4 is 0 Å². The van der Waals surface area contributed by atoms with Crippen LogP contribution in [0.1, 0.15) is 36.6 Å². The molecule has 4 rings (SSSR count). The average molecular weight is 466 g/mol. The Morgan fingerprint density at radius 2 is 2.00 bits per heavy atom. The van der Waals surface area contributed by atoms with Gasteiger partial charge in [0, 0.05) is 22.0 Å². The Morgan fingerprint density at radius 1 is 1.31 bits per heavy atom. The van der Waals surface area contributed by atoms with E-state index in [9.17, 15) is 18.0 Å². The molecule has 8 heteroatoms. The number of aromatic nitrogens is 2. The highest BCUT2D eigenvalue weighted by Gasteiger charge is 2.41. The second kappa shape index (κ2) is 7.25. The van der Waals surface area contributed by atoms with E-state index in [4.69, 9.17) is 0 Å². The van der Waals surface area contributed by atoms with Gasteiger partial charge in [0.05, 0.1) is 23.8 Å². The van der Waals surface area contributed by atoms with Gasteiger partial charge >= 0.3 is 0 Å². The number of aldehydes is 1. The highest BCUT2D eigenvalue weighted by Crippen LogP contribution is 2.43. The van der Waals surface area contributed by atoms with Gasteiger partial charge in [-0.15, -0.1) is 0 Å². The molecule has 0 unspecified atom stereocenters. The standard InChI is InChI=1S/C21H19BrF3N3O/c1-21(2,25)10-28-12(9-29)7-14-13(3-4-18-15(14)8-26-27-18)20(28)19-16(23)5-11(22)6-17(19)24/h3-6,8-9,12,20H,7,10H2,1-2H3,(H,26,27)/t12-,20-/m0/s1. The number of carbonyl (C=O) groups is 1. The van der Waals surface area contributed by atoms with Crippen LogP contribution in [0.2, 0.25) is 0 Å². The number of rotatable bonds is 4. The minimum atomic E-state index is -1.67. The Kier molecular flexibility index (Phi) is 5.02. The monoisotopic (exact) mass is 465 g/mol. The van der Waals surface area contributed by atoms with Gasteiger partial charge in [0.1, 0.15) is 23.6 Å². The van der Waals surface area contributed by atoms with E-state index in [1.807, 2.05) is 0 Å². The van der Waals surface area contributed by atoms with Crippen molar-refractivity contribution in [3.63, 3.8) is 0 Å². The number of hydrogen-bond donors (Lipinski definition) is 1. The van der Waals surface area contributed by atoms with E-state index < -0.39 is 29.4 Å². The van der Waals surface area contributed by atoms with E-state index in [1.165, 1.54) is 26.0 Å². The number of nitrogens with one attached hydrogen (secondary N) is 1. The largest absolute Gasteiger partial charge is 0.302 e. The van der Waals surface area contributed by atoms with E-state index in [0.717, 1.165) is 22.8 Å². The molecule has 0 spiro atoms. The third kappa shape index (κ3) is 3.59. The molecule has 0 saturated heterocycles. The Hall–Kier alpha value is -2.19. The number of fused-ring (bicyclic) bond motifs is 3. The van der Waals surface area contributed by atoms with Crippen molar-refractivity contribution in [2.45, 2.75) is 38.0 Å². The van der Waals surface area contributed by atoms with Gasteiger partial charge in [0.25, 0.3) is 0 Å². The summed E-state index contributed by atoms with van der Waals surface area (Å²) < 4.78 is 44.9. The minimum Gasteiger partial charge on any atom is -0.302 e. The van der Waals surface area contributed by atoms with Crippen LogP contribution in [-0.2, 0) is 11.2 Å². The first kappa shape index (κ1) is 20.1. The van der Waals surface area contributed by atoms with Crippen LogP contribution >= 0.6 is 15.9 Å². The first-order valence-corrected chi connectivity index (χ1v) is 9.98. The molecule has 1 aliphatic rings. The van der Waals surface area contributed by atoms with Crippen LogP contribution in [0.25, 0.3) is 10.9 Å². The maximum absolute atomic E-state index is 15.0. The lowest BCUT2D eigenvalue weighted by molar-refractivity contribution is -0.114. The van der Waals surface area contributed by atoms with Crippen molar-refractivity contribution in [2.75, 3.05) is 6.54 Å². The predicted molar refractivity (Wildman–Crippen MR) is 107 cm³/mol. The molecule has 29 heavy (non-hydrogen) atoms. The number of aromatic amines is 1. The van der Waals surface area contributed by atoms with Crippen LogP contribution in [0, 0.1) is 11.6 Å². The Morgan fingerprint density at radius 3 is 2.62 bits per heavy atom. The second-order valence-electron chi connectivity index (χ2n) is 7.95. The Balaban J connectivity index is 2.00. The summed E-state index contributed by atoms with van der Waals surface area (Å²) >= 11 is 3.10. The van der Waals surface area contributed by atoms with Crippen molar-refractivity contribution in [3.8, 4) is 0 Å². The molecule has 2 heterocycles. The molecule has 152 valence electrons. The van der Waals surface area contributed by atoms with Gasteiger partial charge in [-0.1, -0.05) is 22.0 Å². The van der Waals surface area contributed by atoms with Crippen molar-refractivity contribution in [2.24, 2.45) is 0 Å². The summed E-state index contributed by atoms with van der Waals surface area (Å²) in [7, 11) is 0. The van der Waals surface area contributed by atoms with Crippen molar-refractivity contribution >= 4 is 33.1 Å². The van der Waals surface area contributed by atoms with Crippen LogP contribution in [0.3, 0.4) is 0 Å². The fourth-order valence-corrected chi connectivity index (χ4v) is 4.58. The molecule has 2 aromatic carbocycles. The van der Waals surface area contributed by atoms with E-state index in [0.29, 0.717) is 12.0 Å². The normalized spacial score (nSPS) is 20.1. The number of halogens is 4. The molecule has 1 aliphatic heterocycles. The minimum absolute atomic E-state index is 0.154. The van der Waals surface area contributed by atoms with Crippen molar-refractivity contribution in [1.82, 2.24) is 15.1 Å². The zero-order chi connectivity index (χ0) is 20.9. The highest BCUT2D eigenvalue weighted by molar-refractivity contribution is 9.10. The third-order valence-electron chi connectivity index (χ3n) is 5.27. The molecule has 2 atom stereocenters. The first-order valence-electron chi connectivity index (χ1n) is 9.19. The molecular formula is C21H19BrF3N3O. The fourth-order valence-electron chi connectivity index (χ4n) is 4.18. The fraction of sp³-hybridized carbons (Fsp3) is 0.333. The zero-order valence-corrected chi connectivity index (χ0v) is 17.4. The summed E-state index contributed by atoms with van der Waals surface area (Å²) in [6, 6.07) is 4.22. The zero-order valence-electron chi connectivity index (χ0n) is 15.8. The Bertz CT molecular complexity index is 1070. The summed E-state index contributed by atoms with van der Waals surface area (Å²) in [4.78, 5) is 13.5. The smallest absolute Gasteiger partial charge is 0.137 e. The van der Waals surface area contributed by atoms with Crippen LogP contribution in [0.5, 0.6) is 0 Å². The predicted octanol–water partition coefficient (Wildman–Crippen LogP) is 4.87. The number of carbonyl (C=O) groups excluding carboxylic acids is 1. The summed E-state index contributed by atoms with van der Waals surface area (Å²) in [5.41, 5.74) is 0.324. The van der Waals surface area contributed by atoms with Crippen molar-refractivity contribution < 1.29 is 18.0 Å². The quantitative estimate of drug-likeness (QED) is 0.559. The van der Waals surface area contributed by atoms with Gasteiger partial charge in [-0.25, -0.2) is 13.2 Å². The number of hydrogen-bond acceptors (Lipinski definition) is 3. The van der Waals surface area contributed by atoms with Gasteiger partial charge in [0.15, 0.2) is 0 Å². The Labute approximate surface area is 174 Å². The second-order valence-corrected chi connectivity index (χ2v) is 8.86. The molecule has 0 aliphatic carbocycles. The average Bonchev–Trinajstić information content (AvgIpc) is 3.09. The van der Waals surface area contributed by atoms with E-state index in [-0.39, 0.29) is 16.6 Å². The molecule has 0 fully saturated rings. The lowest BCUT2D eigenvalue weighted by Crippen LogP contribution is -2.50. The van der Waals surface area contributed by atoms with Crippen molar-refractivity contribution in [1.29, 1.82) is 0 Å². The van der Waals surface area contributed by atoms with Crippen LogP contribution in [0.15, 0.2) is 34.9 Å². The number of nitrogens with zero attached hydrogens (tertiary/aromatic N) is 2. The molecule has 1 N–H and O–H groups in total. The van der Waals surface area contributed by atoms with Crippen molar-refractivity contribution in [3.05, 3.63) is 63.3 Å². The van der Waals surface area contributed by atoms with Gasteiger partial charge in [-0.05, 0) is 49.6 Å². The molecule has 0 radical (unpaired) electrons. The maximum Gasteiger partial charge on any atom is 0.137 e. The number of alkyl halides is 1. The van der Waals surface area contributed by atoms with Gasteiger partial charge < -0.3 is 4.79 Å². The lowest BCUT2D eigenvalue weighted by Gasteiger charge is -2.43. The molecule has 1 aromatic heterocycles. The molecule has 3 aromatic rings. The summed E-state index contributed by atoms with van der Waals surface area (Å²) in [6.07, 6.45) is 2.66. The highest BCUT2D eigenvalue weighted by atomic mass is 79.9. The van der Waals surface area contributed by atoms with Gasteiger partial charge in [-0.2, -0.15) is 5.10 Å². The van der Waals surface area contributed by atoms with E-state index in [1.54, 1.807) is 23.2 Å². The topological polar surface area (TPSA) is 49.0 Å². The first-order chi connectivity index (χ1) is 13.7. The van der Waals surface area contributed by atoms with E-state index in [2.05, 4.69) is 26.1 Å².